The Morgan fingerprint density at radius 3 is 2.19 bits per heavy atom. The van der Waals surface area contributed by atoms with E-state index < -0.39 is 17.6 Å². The van der Waals surface area contributed by atoms with Crippen LogP contribution in [0.25, 0.3) is 17.2 Å². The van der Waals surface area contributed by atoms with Crippen molar-refractivity contribution in [3.05, 3.63) is 90.0 Å². The molecule has 3 aromatic carbocycles. The zero-order valence-electron chi connectivity index (χ0n) is 17.0. The first-order valence-electron chi connectivity index (χ1n) is 9.47. The average Bonchev–Trinajstić information content (AvgIpc) is 2.78. The Hall–Kier alpha value is -3.93. The summed E-state index contributed by atoms with van der Waals surface area (Å²) in [6, 6.07) is 20.7. The Bertz CT molecular complexity index is 1100. The van der Waals surface area contributed by atoms with Crippen LogP contribution in [0.2, 0.25) is 0 Å². The zero-order chi connectivity index (χ0) is 22.4. The van der Waals surface area contributed by atoms with Crippen molar-refractivity contribution in [3.63, 3.8) is 0 Å². The second kappa shape index (κ2) is 9.26. The third kappa shape index (κ3) is 5.17. The molecular formula is C25H21FO5. The highest BCUT2D eigenvalue weighted by atomic mass is 19.1. The van der Waals surface area contributed by atoms with Gasteiger partial charge in [-0.1, -0.05) is 60.7 Å². The second-order valence-corrected chi connectivity index (χ2v) is 6.92. The third-order valence-electron chi connectivity index (χ3n) is 4.73. The lowest BCUT2D eigenvalue weighted by Crippen LogP contribution is -2.32. The molecule has 0 spiro atoms. The van der Waals surface area contributed by atoms with Crippen molar-refractivity contribution < 1.29 is 28.6 Å². The molecule has 3 aromatic rings. The van der Waals surface area contributed by atoms with Gasteiger partial charge in [-0.05, 0) is 41.8 Å². The molecule has 1 unspecified atom stereocenters. The molecule has 0 amide bonds. The van der Waals surface area contributed by atoms with Crippen LogP contribution in [0, 0.1) is 0 Å². The van der Waals surface area contributed by atoms with Crippen LogP contribution >= 0.6 is 0 Å². The SMILES string of the molecule is COc1cc(/C=C/C(=O)O)ccc1OC(=O)C(C)(F)c1ccc(-c2ccccc2)cc1. The van der Waals surface area contributed by atoms with Crippen molar-refractivity contribution in [3.8, 4) is 22.6 Å². The molecule has 6 heteroatoms. The first-order valence-corrected chi connectivity index (χ1v) is 9.47. The molecule has 0 aliphatic heterocycles. The third-order valence-corrected chi connectivity index (χ3v) is 4.73. The van der Waals surface area contributed by atoms with Gasteiger partial charge in [-0.25, -0.2) is 14.0 Å². The summed E-state index contributed by atoms with van der Waals surface area (Å²) in [5, 5.41) is 8.73. The standard InChI is InChI=1S/C25H21FO5/c1-25(26,20-12-10-19(11-13-20)18-6-4-3-5-7-18)24(29)31-21-14-8-17(9-15-23(27)28)16-22(21)30-2/h3-16H,1-2H3,(H,27,28)/b15-9+. The van der Waals surface area contributed by atoms with Crippen LogP contribution in [-0.2, 0) is 15.3 Å². The lowest BCUT2D eigenvalue weighted by Gasteiger charge is -2.20. The molecule has 5 nitrogen and oxygen atoms in total. The Kier molecular flexibility index (Phi) is 6.50. The van der Waals surface area contributed by atoms with Crippen LogP contribution in [0.5, 0.6) is 11.5 Å². The largest absolute Gasteiger partial charge is 0.493 e. The smallest absolute Gasteiger partial charge is 0.353 e. The molecule has 0 heterocycles. The lowest BCUT2D eigenvalue weighted by atomic mass is 9.95. The van der Waals surface area contributed by atoms with Gasteiger partial charge in [0.05, 0.1) is 7.11 Å². The second-order valence-electron chi connectivity index (χ2n) is 6.92. The number of hydrogen-bond acceptors (Lipinski definition) is 4. The molecule has 1 atom stereocenters. The number of ether oxygens (including phenoxy) is 2. The number of methoxy groups -OCH3 is 1. The summed E-state index contributed by atoms with van der Waals surface area (Å²) in [4.78, 5) is 23.3. The molecule has 0 radical (unpaired) electrons. The summed E-state index contributed by atoms with van der Waals surface area (Å²) < 4.78 is 25.8. The van der Waals surface area contributed by atoms with Crippen molar-refractivity contribution in [2.24, 2.45) is 0 Å². The first-order chi connectivity index (χ1) is 14.8. The van der Waals surface area contributed by atoms with Gasteiger partial charge in [0.15, 0.2) is 11.5 Å². The van der Waals surface area contributed by atoms with Crippen LogP contribution in [-0.4, -0.2) is 24.2 Å². The number of carbonyl (C=O) groups excluding carboxylic acids is 1. The maximum absolute atomic E-state index is 15.4. The zero-order valence-corrected chi connectivity index (χ0v) is 17.0. The molecule has 31 heavy (non-hydrogen) atoms. The fourth-order valence-electron chi connectivity index (χ4n) is 2.96. The quantitative estimate of drug-likeness (QED) is 0.321. The molecule has 0 aliphatic carbocycles. The lowest BCUT2D eigenvalue weighted by molar-refractivity contribution is -0.147. The Labute approximate surface area is 179 Å². The Morgan fingerprint density at radius 2 is 1.58 bits per heavy atom. The monoisotopic (exact) mass is 420 g/mol. The van der Waals surface area contributed by atoms with Crippen LogP contribution in [0.3, 0.4) is 0 Å². The van der Waals surface area contributed by atoms with E-state index in [1.165, 1.54) is 31.4 Å². The van der Waals surface area contributed by atoms with Gasteiger partial charge >= 0.3 is 11.9 Å². The Balaban J connectivity index is 1.79. The van der Waals surface area contributed by atoms with E-state index in [2.05, 4.69) is 0 Å². The van der Waals surface area contributed by atoms with E-state index in [0.717, 1.165) is 24.1 Å². The number of rotatable bonds is 7. The van der Waals surface area contributed by atoms with Crippen molar-refractivity contribution in [1.29, 1.82) is 0 Å². The predicted octanol–water partition coefficient (Wildman–Crippen LogP) is 5.25. The normalized spacial score (nSPS) is 12.9. The molecule has 0 saturated heterocycles. The molecule has 158 valence electrons. The van der Waals surface area contributed by atoms with Gasteiger partial charge in [0.1, 0.15) is 0 Å². The highest BCUT2D eigenvalue weighted by Gasteiger charge is 2.38. The van der Waals surface area contributed by atoms with E-state index in [1.807, 2.05) is 30.3 Å². The van der Waals surface area contributed by atoms with Crippen molar-refractivity contribution >= 4 is 18.0 Å². The fraction of sp³-hybridized carbons (Fsp3) is 0.120. The summed E-state index contributed by atoms with van der Waals surface area (Å²) in [5.41, 5.74) is 0.192. The van der Waals surface area contributed by atoms with Crippen LogP contribution in [0.1, 0.15) is 18.1 Å². The highest BCUT2D eigenvalue weighted by Crippen LogP contribution is 2.34. The van der Waals surface area contributed by atoms with Crippen molar-refractivity contribution in [1.82, 2.24) is 0 Å². The molecule has 0 aromatic heterocycles. The first kappa shape index (κ1) is 21.8. The number of alkyl halides is 1. The molecule has 0 bridgehead atoms. The van der Waals surface area contributed by atoms with Crippen molar-refractivity contribution in [2.45, 2.75) is 12.6 Å². The van der Waals surface area contributed by atoms with E-state index in [-0.39, 0.29) is 17.1 Å². The number of halogens is 1. The molecular weight excluding hydrogens is 399 g/mol. The summed E-state index contributed by atoms with van der Waals surface area (Å²) in [5.74, 6) is -1.98. The van der Waals surface area contributed by atoms with Crippen LogP contribution in [0.15, 0.2) is 78.9 Å². The summed E-state index contributed by atoms with van der Waals surface area (Å²) in [7, 11) is 1.37. The minimum Gasteiger partial charge on any atom is -0.493 e. The molecule has 1 N–H and O–H groups in total. The van der Waals surface area contributed by atoms with Gasteiger partial charge in [0, 0.05) is 11.6 Å². The molecule has 0 aliphatic rings. The topological polar surface area (TPSA) is 72.8 Å². The molecule has 0 fully saturated rings. The van der Waals surface area contributed by atoms with Crippen LogP contribution < -0.4 is 9.47 Å². The number of esters is 1. The molecule has 0 saturated carbocycles. The average molecular weight is 420 g/mol. The van der Waals surface area contributed by atoms with E-state index in [1.54, 1.807) is 24.3 Å². The number of carbonyl (C=O) groups is 2. The highest BCUT2D eigenvalue weighted by molar-refractivity contribution is 5.86. The van der Waals surface area contributed by atoms with Gasteiger partial charge in [-0.15, -0.1) is 0 Å². The van der Waals surface area contributed by atoms with E-state index in [4.69, 9.17) is 14.6 Å². The maximum Gasteiger partial charge on any atom is 0.353 e. The summed E-state index contributed by atoms with van der Waals surface area (Å²) >= 11 is 0. The minimum atomic E-state index is -2.39. The molecule has 3 rings (SSSR count). The number of benzene rings is 3. The number of carboxylic acid groups (broad SMARTS) is 1. The van der Waals surface area contributed by atoms with E-state index in [9.17, 15) is 9.59 Å². The summed E-state index contributed by atoms with van der Waals surface area (Å²) in [6.07, 6.45) is 2.34. The fourth-order valence-corrected chi connectivity index (χ4v) is 2.96. The van der Waals surface area contributed by atoms with Gasteiger partial charge in [-0.2, -0.15) is 0 Å². The van der Waals surface area contributed by atoms with Crippen molar-refractivity contribution in [2.75, 3.05) is 7.11 Å². The summed E-state index contributed by atoms with van der Waals surface area (Å²) in [6.45, 7) is 1.14. The number of hydrogen-bond donors (Lipinski definition) is 1. The number of aliphatic carboxylic acids is 1. The van der Waals surface area contributed by atoms with Gasteiger partial charge < -0.3 is 14.6 Å². The van der Waals surface area contributed by atoms with Gasteiger partial charge in [0.2, 0.25) is 5.67 Å². The van der Waals surface area contributed by atoms with E-state index in [0.29, 0.717) is 5.56 Å². The maximum atomic E-state index is 15.4. The minimum absolute atomic E-state index is 0.0322. The Morgan fingerprint density at radius 1 is 0.935 bits per heavy atom. The van der Waals surface area contributed by atoms with E-state index >= 15 is 4.39 Å². The predicted molar refractivity (Wildman–Crippen MR) is 116 cm³/mol. The van der Waals surface area contributed by atoms with Gasteiger partial charge in [0.25, 0.3) is 0 Å². The number of carboxylic acids is 1. The van der Waals surface area contributed by atoms with Gasteiger partial charge in [-0.3, -0.25) is 0 Å². The van der Waals surface area contributed by atoms with Crippen LogP contribution in [0.4, 0.5) is 4.39 Å².